The molecule has 3 aromatic rings. The van der Waals surface area contributed by atoms with E-state index in [1.807, 2.05) is 36.6 Å². The van der Waals surface area contributed by atoms with E-state index in [1.165, 1.54) is 23.5 Å². The Morgan fingerprint density at radius 3 is 2.70 bits per heavy atom. The first-order chi connectivity index (χ1) is 13.0. The van der Waals surface area contributed by atoms with Gasteiger partial charge in [0.15, 0.2) is 0 Å². The second-order valence-corrected chi connectivity index (χ2v) is 7.14. The van der Waals surface area contributed by atoms with Crippen molar-refractivity contribution >= 4 is 28.6 Å². The second-order valence-electron chi connectivity index (χ2n) is 6.29. The maximum absolute atomic E-state index is 13.7. The quantitative estimate of drug-likeness (QED) is 0.592. The van der Waals surface area contributed by atoms with Gasteiger partial charge in [-0.2, -0.15) is 0 Å². The maximum atomic E-state index is 13.7. The zero-order chi connectivity index (χ0) is 19.0. The average molecular weight is 380 g/mol. The summed E-state index contributed by atoms with van der Waals surface area (Å²) in [6.07, 6.45) is 0. The molecule has 4 N–H and O–H groups in total. The Balaban J connectivity index is 1.76. The van der Waals surface area contributed by atoms with E-state index in [2.05, 4.69) is 10.6 Å². The van der Waals surface area contributed by atoms with Crippen molar-refractivity contribution in [3.63, 3.8) is 0 Å². The van der Waals surface area contributed by atoms with Crippen LogP contribution >= 0.6 is 11.3 Å². The molecule has 1 aliphatic heterocycles. The molecule has 4 rings (SSSR count). The summed E-state index contributed by atoms with van der Waals surface area (Å²) in [5.41, 5.74) is 10.4. The Hall–Kier alpha value is -3.19. The van der Waals surface area contributed by atoms with Gasteiger partial charge >= 0.3 is 6.03 Å². The van der Waals surface area contributed by atoms with Crippen LogP contribution in [0.5, 0.6) is 0 Å². The predicted octanol–water partition coefficient (Wildman–Crippen LogP) is 4.32. The van der Waals surface area contributed by atoms with Crippen molar-refractivity contribution in [3.05, 3.63) is 76.0 Å². The van der Waals surface area contributed by atoms with Gasteiger partial charge in [-0.25, -0.2) is 14.2 Å². The van der Waals surface area contributed by atoms with Gasteiger partial charge in [-0.1, -0.05) is 24.3 Å². The maximum Gasteiger partial charge on any atom is 0.319 e. The summed E-state index contributed by atoms with van der Waals surface area (Å²) in [7, 11) is 0. The minimum Gasteiger partial charge on any atom is -0.399 e. The molecule has 1 aromatic heterocycles. The van der Waals surface area contributed by atoms with Crippen LogP contribution in [-0.4, -0.2) is 11.0 Å². The summed E-state index contributed by atoms with van der Waals surface area (Å²) < 4.78 is 13.7. The molecule has 2 aromatic carbocycles. The molecule has 1 unspecified atom stereocenters. The Bertz CT molecular complexity index is 1040. The Morgan fingerprint density at radius 1 is 1.19 bits per heavy atom. The van der Waals surface area contributed by atoms with Gasteiger partial charge in [-0.15, -0.1) is 11.3 Å². The number of hydrogen-bond acceptors (Lipinski definition) is 4. The molecule has 0 spiro atoms. The fraction of sp³-hybridized carbons (Fsp3) is 0.100. The van der Waals surface area contributed by atoms with Crippen LogP contribution in [0.3, 0.4) is 0 Å². The van der Waals surface area contributed by atoms with Crippen molar-refractivity contribution in [1.82, 2.24) is 15.6 Å². The van der Waals surface area contributed by atoms with Gasteiger partial charge in [0.2, 0.25) is 0 Å². The average Bonchev–Trinajstić information content (AvgIpc) is 3.11. The number of benzene rings is 2. The zero-order valence-corrected chi connectivity index (χ0v) is 15.3. The van der Waals surface area contributed by atoms with E-state index in [-0.39, 0.29) is 11.8 Å². The lowest BCUT2D eigenvalue weighted by Crippen LogP contribution is -2.42. The summed E-state index contributed by atoms with van der Waals surface area (Å²) in [6, 6.07) is 12.9. The van der Waals surface area contributed by atoms with E-state index in [0.29, 0.717) is 16.9 Å². The standard InChI is InChI=1S/C20H17FN4OS/c1-11-17(18(25-20(26)23-11)13-3-2-4-14(21)9-13)19-24-16(10-27-19)12-5-7-15(22)8-6-12/h2-10,18H,22H2,1H3,(H2,23,25,26). The van der Waals surface area contributed by atoms with E-state index in [4.69, 9.17) is 10.7 Å². The second kappa shape index (κ2) is 6.85. The number of rotatable bonds is 3. The number of nitrogens with one attached hydrogen (secondary N) is 2. The van der Waals surface area contributed by atoms with E-state index in [9.17, 15) is 9.18 Å². The highest BCUT2D eigenvalue weighted by Gasteiger charge is 2.29. The summed E-state index contributed by atoms with van der Waals surface area (Å²) in [5.74, 6) is -0.348. The number of carbonyl (C=O) groups excluding carboxylic acids is 1. The molecule has 5 nitrogen and oxygen atoms in total. The van der Waals surface area contributed by atoms with Crippen LogP contribution in [0, 0.1) is 5.82 Å². The number of urea groups is 1. The SMILES string of the molecule is CC1=C(c2nc(-c3ccc(N)cc3)cs2)C(c2cccc(F)c2)NC(=O)N1. The van der Waals surface area contributed by atoms with E-state index in [1.54, 1.807) is 12.1 Å². The Kier molecular flexibility index (Phi) is 4.37. The molecule has 136 valence electrons. The first-order valence-electron chi connectivity index (χ1n) is 8.37. The molecular formula is C20H17FN4OS. The molecule has 1 atom stereocenters. The lowest BCUT2D eigenvalue weighted by Gasteiger charge is -2.28. The summed E-state index contributed by atoms with van der Waals surface area (Å²) in [4.78, 5) is 16.7. The van der Waals surface area contributed by atoms with Crippen molar-refractivity contribution in [2.24, 2.45) is 0 Å². The number of carbonyl (C=O) groups is 1. The predicted molar refractivity (Wildman–Crippen MR) is 105 cm³/mol. The monoisotopic (exact) mass is 380 g/mol. The lowest BCUT2D eigenvalue weighted by atomic mass is 9.96. The van der Waals surface area contributed by atoms with Crippen LogP contribution < -0.4 is 16.4 Å². The first kappa shape index (κ1) is 17.2. The van der Waals surface area contributed by atoms with Crippen LogP contribution in [0.15, 0.2) is 59.6 Å². The van der Waals surface area contributed by atoms with Gasteiger partial charge in [0.25, 0.3) is 0 Å². The molecule has 27 heavy (non-hydrogen) atoms. The number of hydrogen-bond donors (Lipinski definition) is 3. The van der Waals surface area contributed by atoms with Gasteiger partial charge in [-0.05, 0) is 36.8 Å². The van der Waals surface area contributed by atoms with Gasteiger partial charge in [0, 0.05) is 27.9 Å². The van der Waals surface area contributed by atoms with Gasteiger partial charge < -0.3 is 16.4 Å². The van der Waals surface area contributed by atoms with E-state index < -0.39 is 6.04 Å². The number of anilines is 1. The fourth-order valence-electron chi connectivity index (χ4n) is 3.10. The zero-order valence-electron chi connectivity index (χ0n) is 14.5. The molecule has 0 saturated heterocycles. The topological polar surface area (TPSA) is 80.0 Å². The highest BCUT2D eigenvalue weighted by atomic mass is 32.1. The number of nitrogen functional groups attached to an aromatic ring is 1. The number of allylic oxidation sites excluding steroid dienone is 1. The molecule has 2 amide bonds. The van der Waals surface area contributed by atoms with Crippen molar-refractivity contribution < 1.29 is 9.18 Å². The largest absolute Gasteiger partial charge is 0.399 e. The van der Waals surface area contributed by atoms with Crippen molar-refractivity contribution in [3.8, 4) is 11.3 Å². The van der Waals surface area contributed by atoms with Crippen molar-refractivity contribution in [2.75, 3.05) is 5.73 Å². The number of nitrogens with zero attached hydrogens (tertiary/aromatic N) is 1. The molecule has 0 radical (unpaired) electrons. The number of halogens is 1. The van der Waals surface area contributed by atoms with Crippen LogP contribution in [0.25, 0.3) is 16.8 Å². The smallest absolute Gasteiger partial charge is 0.319 e. The molecule has 0 bridgehead atoms. The number of amides is 2. The Morgan fingerprint density at radius 2 is 1.96 bits per heavy atom. The van der Waals surface area contributed by atoms with Gasteiger partial charge in [-0.3, -0.25) is 0 Å². The third-order valence-electron chi connectivity index (χ3n) is 4.39. The highest BCUT2D eigenvalue weighted by Crippen LogP contribution is 2.37. The summed E-state index contributed by atoms with van der Waals surface area (Å²) >= 11 is 1.48. The molecule has 0 saturated carbocycles. The van der Waals surface area contributed by atoms with Gasteiger partial charge in [0.1, 0.15) is 10.8 Å². The highest BCUT2D eigenvalue weighted by molar-refractivity contribution is 7.11. The minimum atomic E-state index is -0.472. The molecular weight excluding hydrogens is 363 g/mol. The van der Waals surface area contributed by atoms with Crippen LogP contribution in [0.1, 0.15) is 23.5 Å². The Labute approximate surface area is 159 Å². The van der Waals surface area contributed by atoms with Crippen LogP contribution in [-0.2, 0) is 0 Å². The first-order valence-corrected chi connectivity index (χ1v) is 9.25. The van der Waals surface area contributed by atoms with Gasteiger partial charge in [0.05, 0.1) is 11.7 Å². The third-order valence-corrected chi connectivity index (χ3v) is 5.27. The normalized spacial score (nSPS) is 16.8. The molecule has 7 heteroatoms. The van der Waals surface area contributed by atoms with Crippen molar-refractivity contribution in [1.29, 1.82) is 0 Å². The number of thiazole rings is 1. The van der Waals surface area contributed by atoms with E-state index >= 15 is 0 Å². The van der Waals surface area contributed by atoms with Crippen LogP contribution in [0.4, 0.5) is 14.9 Å². The van der Waals surface area contributed by atoms with Crippen LogP contribution in [0.2, 0.25) is 0 Å². The summed E-state index contributed by atoms with van der Waals surface area (Å²) in [5, 5.41) is 8.38. The fourth-order valence-corrected chi connectivity index (χ4v) is 4.06. The lowest BCUT2D eigenvalue weighted by molar-refractivity contribution is 0.240. The summed E-state index contributed by atoms with van der Waals surface area (Å²) in [6.45, 7) is 1.82. The number of nitrogens with two attached hydrogens (primary N) is 1. The minimum absolute atomic E-state index is 0.319. The molecule has 0 fully saturated rings. The number of aromatic nitrogens is 1. The molecule has 0 aliphatic carbocycles. The van der Waals surface area contributed by atoms with E-state index in [0.717, 1.165) is 21.8 Å². The van der Waals surface area contributed by atoms with Crippen molar-refractivity contribution in [2.45, 2.75) is 13.0 Å². The molecule has 2 heterocycles. The molecule has 1 aliphatic rings. The third kappa shape index (κ3) is 3.41.